The zero-order chi connectivity index (χ0) is 34.6. The second-order valence-corrected chi connectivity index (χ2v) is 13.7. The van der Waals surface area contributed by atoms with Crippen LogP contribution in [0, 0.1) is 13.8 Å². The number of ether oxygens (including phenoxy) is 1. The summed E-state index contributed by atoms with van der Waals surface area (Å²) in [4.78, 5) is 4.91. The lowest BCUT2D eigenvalue weighted by molar-refractivity contribution is 0.482. The summed E-state index contributed by atoms with van der Waals surface area (Å²) in [6, 6.07) is 36.6. The van der Waals surface area contributed by atoms with Crippen LogP contribution in [0.3, 0.4) is 0 Å². The third kappa shape index (κ3) is 6.69. The van der Waals surface area contributed by atoms with Gasteiger partial charge in [-0.3, -0.25) is 4.57 Å². The Morgan fingerprint density at radius 2 is 1.54 bits per heavy atom. The number of aromatic nitrogens is 4. The van der Waals surface area contributed by atoms with Crippen molar-refractivity contribution in [1.29, 1.82) is 0 Å². The minimum Gasteiger partial charge on any atom is -0.457 e. The van der Waals surface area contributed by atoms with E-state index in [0.717, 1.165) is 52.8 Å². The number of hydrogen-bond donors (Lipinski definition) is 0. The number of aryl methyl sites for hydroxylation is 2. The van der Waals surface area contributed by atoms with Gasteiger partial charge in [-0.25, -0.2) is 9.67 Å². The second-order valence-electron chi connectivity index (χ2n) is 13.7. The topological polar surface area (TPSA) is 44.9 Å². The van der Waals surface area contributed by atoms with E-state index in [1.165, 1.54) is 70.6 Å². The van der Waals surface area contributed by atoms with Crippen molar-refractivity contribution in [2.45, 2.75) is 85.5 Å². The van der Waals surface area contributed by atoms with E-state index in [9.17, 15) is 0 Å². The summed E-state index contributed by atoms with van der Waals surface area (Å²) < 4.78 is 10.9. The Kier molecular flexibility index (Phi) is 9.84. The lowest BCUT2D eigenvalue weighted by atomic mass is 9.94. The van der Waals surface area contributed by atoms with Crippen molar-refractivity contribution in [2.75, 3.05) is 0 Å². The zero-order valence-electron chi connectivity index (χ0n) is 30.1. The first-order valence-corrected chi connectivity index (χ1v) is 18.4. The molecule has 0 aliphatic rings. The smallest absolute Gasteiger partial charge is 0.137 e. The van der Waals surface area contributed by atoms with Crippen LogP contribution >= 0.6 is 0 Å². The van der Waals surface area contributed by atoms with E-state index in [1.807, 2.05) is 29.1 Å². The molecular formula is C45H48N4O. The molecule has 0 saturated carbocycles. The summed E-state index contributed by atoms with van der Waals surface area (Å²) in [6.45, 7) is 11.1. The van der Waals surface area contributed by atoms with Crippen molar-refractivity contribution in [3.05, 3.63) is 132 Å². The van der Waals surface area contributed by atoms with Gasteiger partial charge in [0, 0.05) is 40.4 Å². The van der Waals surface area contributed by atoms with Crippen molar-refractivity contribution in [2.24, 2.45) is 0 Å². The average Bonchev–Trinajstić information content (AvgIpc) is 3.63. The van der Waals surface area contributed by atoms with Crippen LogP contribution in [-0.2, 0) is 6.42 Å². The Morgan fingerprint density at radius 1 is 0.720 bits per heavy atom. The molecule has 0 aliphatic heterocycles. The van der Waals surface area contributed by atoms with Gasteiger partial charge in [0.2, 0.25) is 0 Å². The summed E-state index contributed by atoms with van der Waals surface area (Å²) >= 11 is 0. The van der Waals surface area contributed by atoms with E-state index in [-0.39, 0.29) is 0 Å². The Balaban J connectivity index is 1.28. The van der Waals surface area contributed by atoms with Gasteiger partial charge in [-0.15, -0.1) is 0 Å². The van der Waals surface area contributed by atoms with Crippen LogP contribution in [0.5, 0.6) is 11.5 Å². The van der Waals surface area contributed by atoms with Crippen molar-refractivity contribution in [3.63, 3.8) is 0 Å². The molecule has 0 aliphatic carbocycles. The van der Waals surface area contributed by atoms with E-state index in [0.29, 0.717) is 5.92 Å². The predicted octanol–water partition coefficient (Wildman–Crippen LogP) is 12.5. The van der Waals surface area contributed by atoms with Gasteiger partial charge in [-0.1, -0.05) is 88.9 Å². The summed E-state index contributed by atoms with van der Waals surface area (Å²) in [5.41, 5.74) is 10.4. The standard InChI is InChI=1S/C45H48N4O/c1-6-8-11-15-31(3)36-21-24-42-41(28-36)40-23-22-39(30-43(40)48(42)44-27-34(16-9-7-2)25-26-46-44)50-38-20-14-19-37(29-38)49-33(5)45(32(4)47-49)35-17-12-10-13-18-35/h10,12-14,17-31H,6-9,11,15-16H2,1-5H3. The molecule has 0 radical (unpaired) electrons. The van der Waals surface area contributed by atoms with Crippen molar-refractivity contribution < 1.29 is 4.74 Å². The van der Waals surface area contributed by atoms with Crippen LogP contribution in [0.25, 0.3) is 44.4 Å². The van der Waals surface area contributed by atoms with Gasteiger partial charge in [0.05, 0.1) is 22.4 Å². The summed E-state index contributed by atoms with van der Waals surface area (Å²) in [5.74, 6) is 3.01. The number of unbranched alkanes of at least 4 members (excludes halogenated alkanes) is 3. The fourth-order valence-electron chi connectivity index (χ4n) is 7.35. The van der Waals surface area contributed by atoms with E-state index in [2.05, 4.69) is 124 Å². The lowest BCUT2D eigenvalue weighted by Crippen LogP contribution is -2.00. The molecule has 3 heterocycles. The molecule has 7 aromatic rings. The van der Waals surface area contributed by atoms with Crippen molar-refractivity contribution in [1.82, 2.24) is 19.3 Å². The molecule has 5 nitrogen and oxygen atoms in total. The molecule has 4 aromatic carbocycles. The van der Waals surface area contributed by atoms with Crippen LogP contribution in [0.1, 0.15) is 87.7 Å². The van der Waals surface area contributed by atoms with Crippen LogP contribution in [0.15, 0.2) is 109 Å². The van der Waals surface area contributed by atoms with Gasteiger partial charge in [0.1, 0.15) is 17.3 Å². The van der Waals surface area contributed by atoms with E-state index < -0.39 is 0 Å². The van der Waals surface area contributed by atoms with E-state index in [4.69, 9.17) is 14.8 Å². The van der Waals surface area contributed by atoms with Gasteiger partial charge in [0.15, 0.2) is 0 Å². The molecule has 1 unspecified atom stereocenters. The minimum absolute atomic E-state index is 0.515. The number of fused-ring (bicyclic) bond motifs is 3. The molecule has 5 heteroatoms. The molecule has 0 bridgehead atoms. The molecule has 0 amide bonds. The molecule has 0 spiro atoms. The minimum atomic E-state index is 0.515. The van der Waals surface area contributed by atoms with Crippen LogP contribution in [-0.4, -0.2) is 19.3 Å². The van der Waals surface area contributed by atoms with Crippen molar-refractivity contribution >= 4 is 21.8 Å². The second kappa shape index (κ2) is 14.8. The molecular weight excluding hydrogens is 613 g/mol. The highest BCUT2D eigenvalue weighted by atomic mass is 16.5. The molecule has 1 atom stereocenters. The molecule has 50 heavy (non-hydrogen) atoms. The van der Waals surface area contributed by atoms with Crippen molar-refractivity contribution in [3.8, 4) is 34.1 Å². The zero-order valence-corrected chi connectivity index (χ0v) is 30.1. The predicted molar refractivity (Wildman–Crippen MR) is 208 cm³/mol. The van der Waals surface area contributed by atoms with Crippen LogP contribution < -0.4 is 4.74 Å². The summed E-state index contributed by atoms with van der Waals surface area (Å²) in [5, 5.41) is 7.40. The number of benzene rings is 4. The van der Waals surface area contributed by atoms with E-state index >= 15 is 0 Å². The highest BCUT2D eigenvalue weighted by Gasteiger charge is 2.18. The first kappa shape index (κ1) is 33.3. The molecule has 3 aromatic heterocycles. The monoisotopic (exact) mass is 660 g/mol. The largest absolute Gasteiger partial charge is 0.457 e. The molecule has 0 saturated heterocycles. The first-order valence-electron chi connectivity index (χ1n) is 18.4. The van der Waals surface area contributed by atoms with Gasteiger partial charge in [-0.2, -0.15) is 5.10 Å². The molecule has 0 N–H and O–H groups in total. The van der Waals surface area contributed by atoms with Gasteiger partial charge < -0.3 is 4.74 Å². The molecule has 7 rings (SSSR count). The highest BCUT2D eigenvalue weighted by Crippen LogP contribution is 2.38. The Hall–Kier alpha value is -5.16. The average molecular weight is 661 g/mol. The number of rotatable bonds is 13. The maximum Gasteiger partial charge on any atom is 0.137 e. The van der Waals surface area contributed by atoms with Gasteiger partial charge in [0.25, 0.3) is 0 Å². The maximum absolute atomic E-state index is 6.62. The van der Waals surface area contributed by atoms with Crippen LogP contribution in [0.4, 0.5) is 0 Å². The fraction of sp³-hybridized carbons (Fsp3) is 0.289. The van der Waals surface area contributed by atoms with Gasteiger partial charge in [-0.05, 0) is 104 Å². The Bertz CT molecular complexity index is 2240. The third-order valence-corrected chi connectivity index (χ3v) is 10.1. The third-order valence-electron chi connectivity index (χ3n) is 10.1. The quantitative estimate of drug-likeness (QED) is 0.116. The first-order chi connectivity index (χ1) is 24.4. The number of nitrogens with zero attached hydrogens (tertiary/aromatic N) is 4. The summed E-state index contributed by atoms with van der Waals surface area (Å²) in [7, 11) is 0. The Morgan fingerprint density at radius 3 is 2.36 bits per heavy atom. The molecule has 0 fully saturated rings. The lowest BCUT2D eigenvalue weighted by Gasteiger charge is -2.13. The highest BCUT2D eigenvalue weighted by molar-refractivity contribution is 6.09. The fourth-order valence-corrected chi connectivity index (χ4v) is 7.35. The summed E-state index contributed by atoms with van der Waals surface area (Å²) in [6.07, 6.45) is 10.3. The number of hydrogen-bond acceptors (Lipinski definition) is 3. The Labute approximate surface area is 296 Å². The molecule has 254 valence electrons. The normalized spacial score (nSPS) is 12.2. The number of pyridine rings is 1. The SMILES string of the molecule is CCCCCC(C)c1ccc2c(c1)c1ccc(Oc3cccc(-n4nc(C)c(-c5ccccc5)c4C)c3)cc1n2-c1cc(CCCC)ccn1. The van der Waals surface area contributed by atoms with Crippen LogP contribution in [0.2, 0.25) is 0 Å². The maximum atomic E-state index is 6.62. The van der Waals surface area contributed by atoms with E-state index in [1.54, 1.807) is 0 Å². The van der Waals surface area contributed by atoms with Gasteiger partial charge >= 0.3 is 0 Å².